The van der Waals surface area contributed by atoms with Gasteiger partial charge in [-0.25, -0.2) is 4.79 Å². The number of anilines is 1. The topological polar surface area (TPSA) is 104 Å². The molecule has 124 valence electrons. The average molecular weight is 327 g/mol. The number of rotatable bonds is 6. The number of nitrogens with one attached hydrogen (secondary N) is 2. The van der Waals surface area contributed by atoms with Gasteiger partial charge in [0.1, 0.15) is 0 Å². The zero-order valence-corrected chi connectivity index (χ0v) is 12.8. The van der Waals surface area contributed by atoms with Crippen LogP contribution in [0.5, 0.6) is 0 Å². The predicted octanol–water partition coefficient (Wildman–Crippen LogP) is 2.88. The quantitative estimate of drug-likeness (QED) is 0.431. The first-order valence-corrected chi connectivity index (χ1v) is 7.27. The number of nitro groups is 1. The first-order chi connectivity index (χ1) is 11.6. The smallest absolute Gasteiger partial charge is 0.319 e. The third-order valence-electron chi connectivity index (χ3n) is 3.14. The summed E-state index contributed by atoms with van der Waals surface area (Å²) in [5, 5.41) is 24.4. The number of carbonyl (C=O) groups is 1. The molecule has 7 heteroatoms. The summed E-state index contributed by atoms with van der Waals surface area (Å²) in [7, 11) is 0. The minimum atomic E-state index is -0.435. The second kappa shape index (κ2) is 8.44. The molecule has 0 bridgehead atoms. The third-order valence-corrected chi connectivity index (χ3v) is 3.14. The van der Waals surface area contributed by atoms with Crippen molar-refractivity contribution in [3.63, 3.8) is 0 Å². The van der Waals surface area contributed by atoms with Crippen LogP contribution in [0.2, 0.25) is 0 Å². The normalized spacial score (nSPS) is 10.5. The zero-order valence-electron chi connectivity index (χ0n) is 12.8. The minimum absolute atomic E-state index is 0.0575. The summed E-state index contributed by atoms with van der Waals surface area (Å²) in [6.45, 7) is 0.0850. The number of urea groups is 1. The molecule has 0 heterocycles. The number of nitrogens with zero attached hydrogens (tertiary/aromatic N) is 1. The maximum absolute atomic E-state index is 11.4. The number of hydrogen-bond donors (Lipinski definition) is 3. The summed E-state index contributed by atoms with van der Waals surface area (Å²) < 4.78 is 0. The Balaban J connectivity index is 1.95. The molecule has 0 aliphatic carbocycles. The van der Waals surface area contributed by atoms with Gasteiger partial charge in [0.2, 0.25) is 0 Å². The Morgan fingerprint density at radius 3 is 2.08 bits per heavy atom. The molecule has 3 N–H and O–H groups in total. The van der Waals surface area contributed by atoms with Gasteiger partial charge >= 0.3 is 6.03 Å². The van der Waals surface area contributed by atoms with Gasteiger partial charge in [0.05, 0.1) is 11.5 Å². The summed E-state index contributed by atoms with van der Waals surface area (Å²) in [4.78, 5) is 21.6. The van der Waals surface area contributed by atoms with E-state index in [1.165, 1.54) is 12.1 Å². The van der Waals surface area contributed by atoms with E-state index in [9.17, 15) is 14.9 Å². The van der Waals surface area contributed by atoms with Crippen molar-refractivity contribution < 1.29 is 14.8 Å². The van der Waals surface area contributed by atoms with Crippen LogP contribution in [-0.4, -0.2) is 29.2 Å². The van der Waals surface area contributed by atoms with Gasteiger partial charge in [0.15, 0.2) is 0 Å². The summed E-state index contributed by atoms with van der Waals surface area (Å²) in [5.74, 6) is 0. The molecule has 2 aromatic carbocycles. The van der Waals surface area contributed by atoms with Gasteiger partial charge in [-0.05, 0) is 35.4 Å². The molecule has 0 saturated carbocycles. The fraction of sp³-hybridized carbons (Fsp3) is 0.118. The van der Waals surface area contributed by atoms with E-state index in [1.54, 1.807) is 24.3 Å². The standard InChI is InChI=1S/C17H17N3O4/c21-12-11-18-17(22)19-15-7-3-13(4-8-15)1-2-14-5-9-16(10-6-14)20(23)24/h1-10,21H,11-12H2,(H2,18,19,22). The van der Waals surface area contributed by atoms with Crippen molar-refractivity contribution in [2.24, 2.45) is 0 Å². The van der Waals surface area contributed by atoms with Crippen LogP contribution >= 0.6 is 0 Å². The van der Waals surface area contributed by atoms with E-state index in [-0.39, 0.29) is 24.9 Å². The number of nitro benzene ring substituents is 1. The van der Waals surface area contributed by atoms with Gasteiger partial charge in [-0.2, -0.15) is 0 Å². The molecule has 0 radical (unpaired) electrons. The van der Waals surface area contributed by atoms with Crippen LogP contribution in [0.1, 0.15) is 11.1 Å². The fourth-order valence-electron chi connectivity index (χ4n) is 1.92. The van der Waals surface area contributed by atoms with E-state index in [4.69, 9.17) is 5.11 Å². The van der Waals surface area contributed by atoms with Crippen molar-refractivity contribution >= 4 is 29.6 Å². The Kier molecular flexibility index (Phi) is 6.04. The molecule has 0 atom stereocenters. The van der Waals surface area contributed by atoms with Crippen molar-refractivity contribution in [3.8, 4) is 0 Å². The van der Waals surface area contributed by atoms with Gasteiger partial charge in [-0.3, -0.25) is 10.1 Å². The highest BCUT2D eigenvalue weighted by molar-refractivity contribution is 5.89. The van der Waals surface area contributed by atoms with E-state index < -0.39 is 4.92 Å². The summed E-state index contributed by atoms with van der Waals surface area (Å²) in [5.41, 5.74) is 2.47. The van der Waals surface area contributed by atoms with E-state index >= 15 is 0 Å². The molecule has 0 aliphatic heterocycles. The molecule has 0 spiro atoms. The molecular weight excluding hydrogens is 310 g/mol. The monoisotopic (exact) mass is 327 g/mol. The van der Waals surface area contributed by atoms with Crippen molar-refractivity contribution in [2.75, 3.05) is 18.5 Å². The Hall–Kier alpha value is -3.19. The van der Waals surface area contributed by atoms with Crippen LogP contribution in [-0.2, 0) is 0 Å². The maximum Gasteiger partial charge on any atom is 0.319 e. The lowest BCUT2D eigenvalue weighted by Crippen LogP contribution is -2.30. The highest BCUT2D eigenvalue weighted by Gasteiger charge is 2.02. The molecule has 0 aromatic heterocycles. The molecular formula is C17H17N3O4. The number of benzene rings is 2. The van der Waals surface area contributed by atoms with Crippen LogP contribution in [0.15, 0.2) is 48.5 Å². The lowest BCUT2D eigenvalue weighted by atomic mass is 10.1. The van der Waals surface area contributed by atoms with Gasteiger partial charge in [0.25, 0.3) is 5.69 Å². The molecule has 2 amide bonds. The first-order valence-electron chi connectivity index (χ1n) is 7.27. The Morgan fingerprint density at radius 1 is 1.04 bits per heavy atom. The van der Waals surface area contributed by atoms with Crippen LogP contribution in [0.25, 0.3) is 12.2 Å². The van der Waals surface area contributed by atoms with Crippen LogP contribution in [0.3, 0.4) is 0 Å². The fourth-order valence-corrected chi connectivity index (χ4v) is 1.92. The summed E-state index contributed by atoms with van der Waals surface area (Å²) in [6, 6.07) is 13.1. The van der Waals surface area contributed by atoms with Gasteiger partial charge < -0.3 is 15.7 Å². The first kappa shape index (κ1) is 17.2. The molecule has 24 heavy (non-hydrogen) atoms. The lowest BCUT2D eigenvalue weighted by Gasteiger charge is -2.06. The molecule has 2 rings (SSSR count). The number of non-ortho nitro benzene ring substituents is 1. The maximum atomic E-state index is 11.4. The van der Waals surface area contributed by atoms with Gasteiger partial charge in [-0.15, -0.1) is 0 Å². The van der Waals surface area contributed by atoms with Crippen molar-refractivity contribution in [1.29, 1.82) is 0 Å². The number of amides is 2. The van der Waals surface area contributed by atoms with Gasteiger partial charge in [0, 0.05) is 24.4 Å². The molecule has 2 aromatic rings. The largest absolute Gasteiger partial charge is 0.395 e. The lowest BCUT2D eigenvalue weighted by molar-refractivity contribution is -0.384. The Morgan fingerprint density at radius 2 is 1.58 bits per heavy atom. The summed E-state index contributed by atoms with van der Waals surface area (Å²) >= 11 is 0. The molecule has 7 nitrogen and oxygen atoms in total. The Bertz CT molecular complexity index is 725. The molecule has 0 saturated heterocycles. The molecule has 0 fully saturated rings. The number of aliphatic hydroxyl groups excluding tert-OH is 1. The average Bonchev–Trinajstić information content (AvgIpc) is 2.59. The number of carbonyl (C=O) groups excluding carboxylic acids is 1. The molecule has 0 aliphatic rings. The predicted molar refractivity (Wildman–Crippen MR) is 92.6 cm³/mol. The van der Waals surface area contributed by atoms with Crippen molar-refractivity contribution in [3.05, 3.63) is 69.8 Å². The van der Waals surface area contributed by atoms with E-state index in [1.807, 2.05) is 24.3 Å². The molecule has 0 unspecified atom stereocenters. The van der Waals surface area contributed by atoms with Crippen LogP contribution < -0.4 is 10.6 Å². The van der Waals surface area contributed by atoms with E-state index in [0.717, 1.165) is 11.1 Å². The third kappa shape index (κ3) is 5.22. The number of aliphatic hydroxyl groups is 1. The minimum Gasteiger partial charge on any atom is -0.395 e. The van der Waals surface area contributed by atoms with Crippen LogP contribution in [0.4, 0.5) is 16.2 Å². The highest BCUT2D eigenvalue weighted by atomic mass is 16.6. The SMILES string of the molecule is O=C(NCCO)Nc1ccc(C=Cc2ccc([N+](=O)[O-])cc2)cc1. The summed E-state index contributed by atoms with van der Waals surface area (Å²) in [6.07, 6.45) is 3.72. The second-order valence-electron chi connectivity index (χ2n) is 4.91. The highest BCUT2D eigenvalue weighted by Crippen LogP contribution is 2.15. The Labute approximate surface area is 138 Å². The van der Waals surface area contributed by atoms with Crippen molar-refractivity contribution in [1.82, 2.24) is 5.32 Å². The zero-order chi connectivity index (χ0) is 17.4. The number of hydrogen-bond acceptors (Lipinski definition) is 4. The van der Waals surface area contributed by atoms with E-state index in [0.29, 0.717) is 5.69 Å². The second-order valence-corrected chi connectivity index (χ2v) is 4.91. The van der Waals surface area contributed by atoms with Gasteiger partial charge in [-0.1, -0.05) is 24.3 Å². The van der Waals surface area contributed by atoms with Crippen LogP contribution in [0, 0.1) is 10.1 Å². The van der Waals surface area contributed by atoms with E-state index in [2.05, 4.69) is 10.6 Å². The van der Waals surface area contributed by atoms with Crippen molar-refractivity contribution in [2.45, 2.75) is 0 Å².